The molecule has 2 heterocycles. The first kappa shape index (κ1) is 14.9. The molecule has 0 radical (unpaired) electrons. The zero-order valence-electron chi connectivity index (χ0n) is 12.1. The molecule has 0 amide bonds. The molecule has 1 saturated heterocycles. The molecule has 1 N–H and O–H groups in total. The van der Waals surface area contributed by atoms with Crippen LogP contribution >= 0.6 is 0 Å². The Hall–Kier alpha value is -1.47. The van der Waals surface area contributed by atoms with E-state index < -0.39 is 10.5 Å². The lowest BCUT2D eigenvalue weighted by molar-refractivity contribution is -0.392. The summed E-state index contributed by atoms with van der Waals surface area (Å²) in [5, 5.41) is 21.0. The van der Waals surface area contributed by atoms with Crippen LogP contribution in [0.3, 0.4) is 0 Å². The number of hydrogen-bond donors (Lipinski definition) is 1. The largest absolute Gasteiger partial charge is 0.390 e. The van der Waals surface area contributed by atoms with E-state index in [9.17, 15) is 15.2 Å². The molecule has 1 fully saturated rings. The summed E-state index contributed by atoms with van der Waals surface area (Å²) >= 11 is 0. The van der Waals surface area contributed by atoms with Crippen LogP contribution in [0.2, 0.25) is 0 Å². The van der Waals surface area contributed by atoms with Gasteiger partial charge in [-0.05, 0) is 37.7 Å². The van der Waals surface area contributed by atoms with Crippen LogP contribution in [-0.4, -0.2) is 49.7 Å². The van der Waals surface area contributed by atoms with Crippen LogP contribution in [0.15, 0.2) is 6.20 Å². The maximum absolute atomic E-state index is 10.9. The highest BCUT2D eigenvalue weighted by Crippen LogP contribution is 2.21. The van der Waals surface area contributed by atoms with Crippen LogP contribution in [0.4, 0.5) is 5.82 Å². The number of hydrogen-bond acceptors (Lipinski definition) is 5. The van der Waals surface area contributed by atoms with Gasteiger partial charge in [0.05, 0.1) is 5.60 Å². The molecule has 7 nitrogen and oxygen atoms in total. The average Bonchev–Trinajstić information content (AvgIpc) is 2.64. The van der Waals surface area contributed by atoms with Gasteiger partial charge in [0.2, 0.25) is 0 Å². The Morgan fingerprint density at radius 3 is 2.90 bits per heavy atom. The second-order valence-corrected chi connectivity index (χ2v) is 5.76. The Morgan fingerprint density at radius 2 is 2.20 bits per heavy atom. The summed E-state index contributed by atoms with van der Waals surface area (Å²) in [5.74, 6) is 0.711. The number of imidazole rings is 1. The highest BCUT2D eigenvalue weighted by molar-refractivity contribution is 5.18. The SMILES string of the molecule is Cc1ncc([N+](=O)[O-])n1CCN1CCCC(C)(O)CC1. The lowest BCUT2D eigenvalue weighted by Crippen LogP contribution is -2.31. The van der Waals surface area contributed by atoms with Gasteiger partial charge in [0.1, 0.15) is 12.7 Å². The minimum Gasteiger partial charge on any atom is -0.390 e. The molecule has 1 atom stereocenters. The molecule has 0 aromatic carbocycles. The summed E-state index contributed by atoms with van der Waals surface area (Å²) in [5.41, 5.74) is -0.578. The molecule has 0 bridgehead atoms. The first-order valence-electron chi connectivity index (χ1n) is 7.00. The fraction of sp³-hybridized carbons (Fsp3) is 0.769. The molecular formula is C13H22N4O3. The van der Waals surface area contributed by atoms with E-state index in [1.165, 1.54) is 6.20 Å². The van der Waals surface area contributed by atoms with Gasteiger partial charge >= 0.3 is 5.82 Å². The first-order chi connectivity index (χ1) is 9.39. The topological polar surface area (TPSA) is 84.4 Å². The highest BCUT2D eigenvalue weighted by atomic mass is 16.6. The molecule has 2 rings (SSSR count). The Bertz CT molecular complexity index is 484. The van der Waals surface area contributed by atoms with Gasteiger partial charge in [-0.25, -0.2) is 9.55 Å². The second kappa shape index (κ2) is 5.88. The van der Waals surface area contributed by atoms with Crippen LogP contribution in [-0.2, 0) is 6.54 Å². The molecule has 1 aromatic heterocycles. The average molecular weight is 282 g/mol. The third-order valence-electron chi connectivity index (χ3n) is 4.02. The van der Waals surface area contributed by atoms with Crippen molar-refractivity contribution >= 4 is 5.82 Å². The molecule has 112 valence electrons. The van der Waals surface area contributed by atoms with Gasteiger partial charge in [0.25, 0.3) is 0 Å². The van der Waals surface area contributed by atoms with Crippen molar-refractivity contribution in [2.75, 3.05) is 19.6 Å². The van der Waals surface area contributed by atoms with Gasteiger partial charge in [-0.15, -0.1) is 0 Å². The third kappa shape index (κ3) is 3.55. The third-order valence-corrected chi connectivity index (χ3v) is 4.02. The molecule has 0 aliphatic carbocycles. The van der Waals surface area contributed by atoms with Crippen LogP contribution in [0.1, 0.15) is 32.0 Å². The smallest absolute Gasteiger partial charge is 0.342 e. The van der Waals surface area contributed by atoms with E-state index in [1.54, 1.807) is 11.5 Å². The quantitative estimate of drug-likeness (QED) is 0.665. The summed E-state index contributed by atoms with van der Waals surface area (Å²) < 4.78 is 1.64. The number of likely N-dealkylation sites (tertiary alicyclic amines) is 1. The normalized spacial score (nSPS) is 24.6. The molecule has 1 aliphatic heterocycles. The Labute approximate surface area is 118 Å². The van der Waals surface area contributed by atoms with Gasteiger partial charge in [-0.1, -0.05) is 0 Å². The molecule has 7 heteroatoms. The summed E-state index contributed by atoms with van der Waals surface area (Å²) in [6.45, 7) is 6.71. The van der Waals surface area contributed by atoms with Crippen molar-refractivity contribution in [1.29, 1.82) is 0 Å². The summed E-state index contributed by atoms with van der Waals surface area (Å²) in [6.07, 6.45) is 3.83. The number of aliphatic hydroxyl groups is 1. The van der Waals surface area contributed by atoms with E-state index >= 15 is 0 Å². The van der Waals surface area contributed by atoms with Crippen molar-refractivity contribution in [3.05, 3.63) is 22.1 Å². The zero-order chi connectivity index (χ0) is 14.8. The Balaban J connectivity index is 1.95. The van der Waals surface area contributed by atoms with Crippen molar-refractivity contribution in [3.8, 4) is 0 Å². The number of aryl methyl sites for hydroxylation is 1. The van der Waals surface area contributed by atoms with E-state index in [0.717, 1.165) is 38.9 Å². The van der Waals surface area contributed by atoms with Crippen LogP contribution in [0, 0.1) is 17.0 Å². The van der Waals surface area contributed by atoms with E-state index in [2.05, 4.69) is 9.88 Å². The standard InChI is InChI=1S/C13H22N4O3/c1-11-14-10-12(17(19)20)16(11)9-8-15-6-3-4-13(2,18)5-7-15/h10,18H,3-9H2,1-2H3. The molecule has 0 saturated carbocycles. The molecule has 1 unspecified atom stereocenters. The van der Waals surface area contributed by atoms with Crippen molar-refractivity contribution < 1.29 is 10.0 Å². The minimum atomic E-state index is -0.578. The second-order valence-electron chi connectivity index (χ2n) is 5.76. The van der Waals surface area contributed by atoms with E-state index in [0.29, 0.717) is 12.4 Å². The van der Waals surface area contributed by atoms with Crippen molar-refractivity contribution in [2.24, 2.45) is 0 Å². The monoisotopic (exact) mass is 282 g/mol. The van der Waals surface area contributed by atoms with Gasteiger partial charge in [-0.2, -0.15) is 0 Å². The van der Waals surface area contributed by atoms with Gasteiger partial charge in [0.15, 0.2) is 5.82 Å². The maximum Gasteiger partial charge on any atom is 0.342 e. The van der Waals surface area contributed by atoms with Crippen molar-refractivity contribution in [3.63, 3.8) is 0 Å². The predicted octanol–water partition coefficient (Wildman–Crippen LogP) is 1.34. The molecule has 0 spiro atoms. The molecule has 1 aromatic rings. The van der Waals surface area contributed by atoms with Crippen LogP contribution in [0.5, 0.6) is 0 Å². The number of aromatic nitrogens is 2. The Kier molecular flexibility index (Phi) is 4.39. The van der Waals surface area contributed by atoms with Crippen LogP contribution < -0.4 is 0 Å². The van der Waals surface area contributed by atoms with Gasteiger partial charge in [-0.3, -0.25) is 4.90 Å². The van der Waals surface area contributed by atoms with Gasteiger partial charge in [0, 0.05) is 20.0 Å². The summed E-state index contributed by atoms with van der Waals surface area (Å²) in [6, 6.07) is 0. The summed E-state index contributed by atoms with van der Waals surface area (Å²) in [4.78, 5) is 16.8. The number of nitrogens with zero attached hydrogens (tertiary/aromatic N) is 4. The first-order valence-corrected chi connectivity index (χ1v) is 7.00. The van der Waals surface area contributed by atoms with Gasteiger partial charge < -0.3 is 15.2 Å². The lowest BCUT2D eigenvalue weighted by Gasteiger charge is -2.22. The van der Waals surface area contributed by atoms with E-state index in [1.807, 2.05) is 6.92 Å². The Morgan fingerprint density at radius 1 is 1.45 bits per heavy atom. The summed E-state index contributed by atoms with van der Waals surface area (Å²) in [7, 11) is 0. The van der Waals surface area contributed by atoms with Crippen molar-refractivity contribution in [1.82, 2.24) is 14.5 Å². The van der Waals surface area contributed by atoms with Crippen molar-refractivity contribution in [2.45, 2.75) is 45.3 Å². The molecule has 1 aliphatic rings. The van der Waals surface area contributed by atoms with Crippen LogP contribution in [0.25, 0.3) is 0 Å². The molecular weight excluding hydrogens is 260 g/mol. The lowest BCUT2D eigenvalue weighted by atomic mass is 9.98. The van der Waals surface area contributed by atoms with E-state index in [4.69, 9.17) is 0 Å². The minimum absolute atomic E-state index is 0.0457. The number of nitro groups is 1. The molecule has 20 heavy (non-hydrogen) atoms. The maximum atomic E-state index is 10.9. The predicted molar refractivity (Wildman–Crippen MR) is 74.5 cm³/mol. The highest BCUT2D eigenvalue weighted by Gasteiger charge is 2.25. The fourth-order valence-corrected chi connectivity index (χ4v) is 2.66. The van der Waals surface area contributed by atoms with E-state index in [-0.39, 0.29) is 5.82 Å². The fourth-order valence-electron chi connectivity index (χ4n) is 2.66. The zero-order valence-corrected chi connectivity index (χ0v) is 12.1. The number of rotatable bonds is 4.